The summed E-state index contributed by atoms with van der Waals surface area (Å²) in [7, 11) is 1.44. The number of aromatic amines is 1. The van der Waals surface area contributed by atoms with Crippen LogP contribution in [-0.4, -0.2) is 46.5 Å². The smallest absolute Gasteiger partial charge is 0.329 e. The Bertz CT molecular complexity index is 843. The Morgan fingerprint density at radius 1 is 1.24 bits per heavy atom. The normalized spacial score (nSPS) is 14.8. The second kappa shape index (κ2) is 7.26. The average molecular weight is 362 g/mol. The molecular weight excluding hydrogens is 340 g/mol. The van der Waals surface area contributed by atoms with Gasteiger partial charge in [0.05, 0.1) is 0 Å². The number of aromatic nitrogens is 2. The molecule has 0 spiro atoms. The molecule has 8 heteroatoms. The minimum Gasteiger partial charge on any atom is -0.354 e. The summed E-state index contributed by atoms with van der Waals surface area (Å²) in [4.78, 5) is 43.7. The van der Waals surface area contributed by atoms with Crippen LogP contribution in [0.1, 0.15) is 16.9 Å². The molecule has 1 aliphatic heterocycles. The van der Waals surface area contributed by atoms with E-state index in [1.807, 2.05) is 9.80 Å². The van der Waals surface area contributed by atoms with Crippen LogP contribution in [0, 0.1) is 6.92 Å². The molecule has 25 heavy (non-hydrogen) atoms. The maximum Gasteiger partial charge on any atom is 0.329 e. The van der Waals surface area contributed by atoms with Crippen LogP contribution >= 0.6 is 11.3 Å². The van der Waals surface area contributed by atoms with Gasteiger partial charge in [0.1, 0.15) is 5.82 Å². The van der Waals surface area contributed by atoms with E-state index in [1.165, 1.54) is 23.6 Å². The summed E-state index contributed by atoms with van der Waals surface area (Å²) in [5, 5.41) is 2.05. The molecule has 7 nitrogen and oxygen atoms in total. The number of anilines is 1. The molecule has 3 heterocycles. The van der Waals surface area contributed by atoms with Gasteiger partial charge in [0.2, 0.25) is 5.91 Å². The van der Waals surface area contributed by atoms with Gasteiger partial charge < -0.3 is 9.80 Å². The van der Waals surface area contributed by atoms with Crippen LogP contribution in [0.5, 0.6) is 0 Å². The topological polar surface area (TPSA) is 78.4 Å². The summed E-state index contributed by atoms with van der Waals surface area (Å²) in [5.74, 6) is 0.680. The van der Waals surface area contributed by atoms with Gasteiger partial charge in [0.15, 0.2) is 0 Å². The van der Waals surface area contributed by atoms with E-state index in [1.54, 1.807) is 11.3 Å². The van der Waals surface area contributed by atoms with Gasteiger partial charge in [0.25, 0.3) is 5.56 Å². The molecule has 1 fully saturated rings. The predicted octanol–water partition coefficient (Wildman–Crippen LogP) is 0.725. The molecule has 0 aromatic carbocycles. The second-order valence-corrected chi connectivity index (χ2v) is 7.25. The van der Waals surface area contributed by atoms with Gasteiger partial charge in [-0.25, -0.2) is 4.79 Å². The number of carbonyl (C=O) groups excluding carboxylic acids is 1. The van der Waals surface area contributed by atoms with Crippen molar-refractivity contribution in [2.75, 3.05) is 31.1 Å². The molecule has 2 aromatic rings. The number of carbonyl (C=O) groups is 1. The van der Waals surface area contributed by atoms with Gasteiger partial charge >= 0.3 is 5.69 Å². The zero-order valence-electron chi connectivity index (χ0n) is 14.4. The average Bonchev–Trinajstić information content (AvgIpc) is 3.02. The molecule has 0 bridgehead atoms. The highest BCUT2D eigenvalue weighted by Gasteiger charge is 2.22. The molecule has 1 amide bonds. The van der Waals surface area contributed by atoms with E-state index in [0.717, 1.165) is 11.0 Å². The minimum absolute atomic E-state index is 0.157. The van der Waals surface area contributed by atoms with Crippen molar-refractivity contribution in [2.45, 2.75) is 19.8 Å². The number of rotatable bonds is 4. The first-order chi connectivity index (χ1) is 12.0. The number of piperazine rings is 1. The summed E-state index contributed by atoms with van der Waals surface area (Å²) in [6.45, 7) is 4.47. The van der Waals surface area contributed by atoms with Crippen LogP contribution < -0.4 is 16.1 Å². The quantitative estimate of drug-likeness (QED) is 0.870. The molecule has 0 saturated carbocycles. The SMILES string of the molecule is Cc1ccsc1CCC(=O)N1CCN(c2cc(=O)n(C)c(=O)[nH]2)CC1. The van der Waals surface area contributed by atoms with Crippen molar-refractivity contribution in [1.29, 1.82) is 0 Å². The number of amides is 1. The van der Waals surface area contributed by atoms with Crippen molar-refractivity contribution in [1.82, 2.24) is 14.5 Å². The number of thiophene rings is 1. The highest BCUT2D eigenvalue weighted by molar-refractivity contribution is 7.10. The molecule has 0 radical (unpaired) electrons. The number of hydrogen-bond donors (Lipinski definition) is 1. The fourth-order valence-corrected chi connectivity index (χ4v) is 3.86. The minimum atomic E-state index is -0.424. The monoisotopic (exact) mass is 362 g/mol. The first kappa shape index (κ1) is 17.5. The zero-order chi connectivity index (χ0) is 18.0. The summed E-state index contributed by atoms with van der Waals surface area (Å²) in [6, 6.07) is 3.51. The van der Waals surface area contributed by atoms with Gasteiger partial charge in [-0.3, -0.25) is 19.1 Å². The summed E-state index contributed by atoms with van der Waals surface area (Å²) in [5.41, 5.74) is 0.494. The molecule has 134 valence electrons. The van der Waals surface area contributed by atoms with Gasteiger partial charge in [-0.15, -0.1) is 11.3 Å². The lowest BCUT2D eigenvalue weighted by Gasteiger charge is -2.35. The molecule has 1 aliphatic rings. The van der Waals surface area contributed by atoms with E-state index in [2.05, 4.69) is 23.4 Å². The fourth-order valence-electron chi connectivity index (χ4n) is 2.95. The van der Waals surface area contributed by atoms with Crippen LogP contribution in [0.15, 0.2) is 27.1 Å². The Balaban J connectivity index is 1.56. The maximum atomic E-state index is 12.4. The highest BCUT2D eigenvalue weighted by atomic mass is 32.1. The van der Waals surface area contributed by atoms with E-state index in [0.29, 0.717) is 38.4 Å². The highest BCUT2D eigenvalue weighted by Crippen LogP contribution is 2.18. The Labute approximate surface area is 149 Å². The zero-order valence-corrected chi connectivity index (χ0v) is 15.3. The molecule has 3 rings (SSSR count). The first-order valence-electron chi connectivity index (χ1n) is 8.32. The lowest BCUT2D eigenvalue weighted by molar-refractivity contribution is -0.131. The van der Waals surface area contributed by atoms with E-state index in [-0.39, 0.29) is 11.5 Å². The van der Waals surface area contributed by atoms with Crippen LogP contribution in [0.3, 0.4) is 0 Å². The third kappa shape index (κ3) is 3.84. The van der Waals surface area contributed by atoms with Crippen molar-refractivity contribution < 1.29 is 4.79 Å². The molecule has 0 unspecified atom stereocenters. The van der Waals surface area contributed by atoms with Gasteiger partial charge in [-0.2, -0.15) is 0 Å². The van der Waals surface area contributed by atoms with Crippen molar-refractivity contribution in [3.8, 4) is 0 Å². The van der Waals surface area contributed by atoms with E-state index in [9.17, 15) is 14.4 Å². The number of hydrogen-bond acceptors (Lipinski definition) is 5. The van der Waals surface area contributed by atoms with Crippen LogP contribution in [0.2, 0.25) is 0 Å². The maximum absolute atomic E-state index is 12.4. The molecule has 0 aliphatic carbocycles. The molecule has 2 aromatic heterocycles. The predicted molar refractivity (Wildman–Crippen MR) is 98.5 cm³/mol. The van der Waals surface area contributed by atoms with Gasteiger partial charge in [-0.05, 0) is 30.4 Å². The van der Waals surface area contributed by atoms with Crippen molar-refractivity contribution in [2.24, 2.45) is 7.05 Å². The van der Waals surface area contributed by atoms with Crippen LogP contribution in [-0.2, 0) is 18.3 Å². The summed E-state index contributed by atoms with van der Waals surface area (Å²) < 4.78 is 1.04. The standard InChI is InChI=1S/C17H22N4O3S/c1-12-5-10-25-13(12)3-4-15(22)21-8-6-20(7-9-21)14-11-16(23)19(2)17(24)18-14/h5,10-11H,3-4,6-9H2,1-2H3,(H,18,24). The molecule has 0 atom stereocenters. The Morgan fingerprint density at radius 2 is 1.96 bits per heavy atom. The Hall–Kier alpha value is -2.35. The summed E-state index contributed by atoms with van der Waals surface area (Å²) in [6.07, 6.45) is 1.30. The van der Waals surface area contributed by atoms with Crippen molar-refractivity contribution in [3.05, 3.63) is 48.8 Å². The molecule has 1 saturated heterocycles. The Kier molecular flexibility index (Phi) is 5.08. The van der Waals surface area contributed by atoms with E-state index >= 15 is 0 Å². The second-order valence-electron chi connectivity index (χ2n) is 6.25. The third-order valence-electron chi connectivity index (χ3n) is 4.64. The first-order valence-corrected chi connectivity index (χ1v) is 9.19. The van der Waals surface area contributed by atoms with Gasteiger partial charge in [0, 0.05) is 50.6 Å². The number of aryl methyl sites for hydroxylation is 2. The lowest BCUT2D eigenvalue weighted by atomic mass is 10.2. The van der Waals surface area contributed by atoms with Crippen molar-refractivity contribution in [3.63, 3.8) is 0 Å². The third-order valence-corrected chi connectivity index (χ3v) is 5.72. The van der Waals surface area contributed by atoms with E-state index in [4.69, 9.17) is 0 Å². The molecular formula is C17H22N4O3S. The molecule has 1 N–H and O–H groups in total. The number of nitrogens with one attached hydrogen (secondary N) is 1. The fraction of sp³-hybridized carbons (Fsp3) is 0.471. The van der Waals surface area contributed by atoms with Crippen molar-refractivity contribution >= 4 is 23.1 Å². The van der Waals surface area contributed by atoms with Crippen LogP contribution in [0.25, 0.3) is 0 Å². The number of H-pyrrole nitrogens is 1. The lowest BCUT2D eigenvalue weighted by Crippen LogP contribution is -2.50. The van der Waals surface area contributed by atoms with Crippen LogP contribution in [0.4, 0.5) is 5.82 Å². The largest absolute Gasteiger partial charge is 0.354 e. The summed E-state index contributed by atoms with van der Waals surface area (Å²) >= 11 is 1.70. The van der Waals surface area contributed by atoms with E-state index < -0.39 is 5.69 Å². The van der Waals surface area contributed by atoms with Gasteiger partial charge in [-0.1, -0.05) is 0 Å². The Morgan fingerprint density at radius 3 is 2.56 bits per heavy atom. The number of nitrogens with zero attached hydrogens (tertiary/aromatic N) is 3.